The third-order valence-corrected chi connectivity index (χ3v) is 5.39. The van der Waals surface area contributed by atoms with Crippen molar-refractivity contribution in [1.29, 1.82) is 0 Å². The molecule has 0 atom stereocenters. The predicted octanol–water partition coefficient (Wildman–Crippen LogP) is 4.65. The van der Waals surface area contributed by atoms with Crippen LogP contribution in [0.3, 0.4) is 0 Å². The van der Waals surface area contributed by atoms with Gasteiger partial charge in [-0.3, -0.25) is 14.7 Å². The third-order valence-electron chi connectivity index (χ3n) is 5.39. The molecule has 0 saturated carbocycles. The number of aromatic amines is 1. The first-order valence-corrected chi connectivity index (χ1v) is 9.98. The molecule has 0 aliphatic heterocycles. The number of anilines is 1. The van der Waals surface area contributed by atoms with Crippen molar-refractivity contribution >= 4 is 28.3 Å². The van der Waals surface area contributed by atoms with Crippen LogP contribution >= 0.6 is 0 Å². The van der Waals surface area contributed by atoms with Gasteiger partial charge in [0, 0.05) is 36.2 Å². The fourth-order valence-electron chi connectivity index (χ4n) is 3.66. The fraction of sp³-hybridized carbons (Fsp3) is 0.160. The van der Waals surface area contributed by atoms with Crippen molar-refractivity contribution in [2.75, 3.05) is 11.9 Å². The molecule has 6 heteroatoms. The number of nitrogens with one attached hydrogen (secondary N) is 1. The zero-order valence-electron chi connectivity index (χ0n) is 17.6. The minimum atomic E-state index is -0.372. The van der Waals surface area contributed by atoms with Crippen LogP contribution in [0.5, 0.6) is 5.75 Å². The lowest BCUT2D eigenvalue weighted by Gasteiger charge is -2.18. The van der Waals surface area contributed by atoms with Gasteiger partial charge in [0.05, 0.1) is 16.8 Å². The van der Waals surface area contributed by atoms with Crippen LogP contribution in [0.4, 0.5) is 5.69 Å². The van der Waals surface area contributed by atoms with Crippen LogP contribution in [0, 0.1) is 6.92 Å². The number of fused-ring (bicyclic) bond motifs is 1. The number of carbonyl (C=O) groups excluding carboxylic acids is 2. The molecule has 2 N–H and O–H groups in total. The highest BCUT2D eigenvalue weighted by molar-refractivity contribution is 6.10. The maximum absolute atomic E-state index is 13.2. The van der Waals surface area contributed by atoms with Crippen molar-refractivity contribution in [2.45, 2.75) is 20.3 Å². The van der Waals surface area contributed by atoms with Gasteiger partial charge in [-0.05, 0) is 37.6 Å². The van der Waals surface area contributed by atoms with E-state index in [0.717, 1.165) is 16.6 Å². The van der Waals surface area contributed by atoms with Gasteiger partial charge in [-0.25, -0.2) is 0 Å². The van der Waals surface area contributed by atoms with Crippen LogP contribution in [0.1, 0.15) is 44.5 Å². The van der Waals surface area contributed by atoms with E-state index in [1.807, 2.05) is 25.1 Å². The summed E-state index contributed by atoms with van der Waals surface area (Å²) in [5.41, 5.74) is 5.02. The number of carbonyl (C=O) groups is 2. The van der Waals surface area contributed by atoms with Crippen LogP contribution in [-0.4, -0.2) is 34.0 Å². The van der Waals surface area contributed by atoms with E-state index < -0.39 is 0 Å². The number of rotatable bonds is 5. The second kappa shape index (κ2) is 8.07. The van der Waals surface area contributed by atoms with Gasteiger partial charge in [0.25, 0.3) is 5.91 Å². The molecule has 0 bridgehead atoms. The van der Waals surface area contributed by atoms with Crippen LogP contribution in [-0.2, 0) is 6.42 Å². The van der Waals surface area contributed by atoms with E-state index in [0.29, 0.717) is 23.2 Å². The second-order valence-corrected chi connectivity index (χ2v) is 7.72. The lowest BCUT2D eigenvalue weighted by molar-refractivity contribution is 0.0986. The van der Waals surface area contributed by atoms with Crippen LogP contribution in [0.15, 0.2) is 60.7 Å². The Morgan fingerprint density at radius 3 is 2.58 bits per heavy atom. The van der Waals surface area contributed by atoms with Gasteiger partial charge in [-0.1, -0.05) is 42.0 Å². The lowest BCUT2D eigenvalue weighted by atomic mass is 10.0. The minimum absolute atomic E-state index is 0.0776. The maximum atomic E-state index is 13.2. The molecular weight excluding hydrogens is 390 g/mol. The summed E-state index contributed by atoms with van der Waals surface area (Å²) in [6.45, 7) is 3.52. The van der Waals surface area contributed by atoms with E-state index >= 15 is 0 Å². The summed E-state index contributed by atoms with van der Waals surface area (Å²) >= 11 is 0. The Labute approximate surface area is 180 Å². The standard InChI is InChI=1S/C25H23N3O3/c1-15-6-4-7-17(10-15)11-22-20-13-21(24(30)14-23(20)27-26-22)25(31)28(3)19-9-5-8-18(12-19)16(2)29/h4-10,12-14,30H,11H2,1-3H3,(H,26,27). The summed E-state index contributed by atoms with van der Waals surface area (Å²) < 4.78 is 0. The van der Waals surface area contributed by atoms with Gasteiger partial charge in [0.1, 0.15) is 5.75 Å². The Kier molecular flexibility index (Phi) is 5.29. The Balaban J connectivity index is 1.70. The maximum Gasteiger partial charge on any atom is 0.261 e. The Morgan fingerprint density at radius 2 is 1.84 bits per heavy atom. The van der Waals surface area contributed by atoms with Crippen LogP contribution in [0.2, 0.25) is 0 Å². The molecular formula is C25H23N3O3. The molecule has 156 valence electrons. The fourth-order valence-corrected chi connectivity index (χ4v) is 3.66. The number of aromatic hydroxyl groups is 1. The van der Waals surface area contributed by atoms with Gasteiger partial charge < -0.3 is 10.0 Å². The number of Topliss-reactive ketones (excluding diaryl/α,β-unsaturated/α-hetero) is 1. The molecule has 0 saturated heterocycles. The van der Waals surface area contributed by atoms with Crippen LogP contribution in [0.25, 0.3) is 10.9 Å². The minimum Gasteiger partial charge on any atom is -0.507 e. The van der Waals surface area contributed by atoms with E-state index in [4.69, 9.17) is 0 Å². The Hall–Kier alpha value is -3.93. The number of benzene rings is 3. The largest absolute Gasteiger partial charge is 0.507 e. The summed E-state index contributed by atoms with van der Waals surface area (Å²) in [6, 6.07) is 18.2. The molecule has 3 aromatic carbocycles. The van der Waals surface area contributed by atoms with Gasteiger partial charge in [-0.2, -0.15) is 5.10 Å². The molecule has 0 spiro atoms. The number of hydrogen-bond acceptors (Lipinski definition) is 4. The first-order valence-electron chi connectivity index (χ1n) is 9.98. The highest BCUT2D eigenvalue weighted by atomic mass is 16.3. The highest BCUT2D eigenvalue weighted by Gasteiger charge is 2.20. The first kappa shape index (κ1) is 20.3. The molecule has 1 aromatic heterocycles. The number of H-pyrrole nitrogens is 1. The average Bonchev–Trinajstić information content (AvgIpc) is 3.13. The molecule has 4 rings (SSSR count). The highest BCUT2D eigenvalue weighted by Crippen LogP contribution is 2.29. The van der Waals surface area contributed by atoms with E-state index in [1.54, 1.807) is 37.4 Å². The van der Waals surface area contributed by atoms with Gasteiger partial charge in [0.2, 0.25) is 0 Å². The number of aromatic nitrogens is 2. The molecule has 1 heterocycles. The molecule has 6 nitrogen and oxygen atoms in total. The smallest absolute Gasteiger partial charge is 0.261 e. The molecule has 0 aliphatic carbocycles. The SMILES string of the molecule is CC(=O)c1cccc(N(C)C(=O)c2cc3c(Cc4cccc(C)c4)n[nH]c3cc2O)c1. The molecule has 0 fully saturated rings. The van der Waals surface area contributed by atoms with E-state index in [2.05, 4.69) is 16.3 Å². The number of aryl methyl sites for hydroxylation is 1. The van der Waals surface area contributed by atoms with E-state index in [1.165, 1.54) is 23.5 Å². The zero-order valence-corrected chi connectivity index (χ0v) is 17.6. The topological polar surface area (TPSA) is 86.3 Å². The molecule has 1 amide bonds. The summed E-state index contributed by atoms with van der Waals surface area (Å²) in [6.07, 6.45) is 0.608. The Morgan fingerprint density at radius 1 is 1.06 bits per heavy atom. The molecule has 0 radical (unpaired) electrons. The lowest BCUT2D eigenvalue weighted by Crippen LogP contribution is -2.26. The Bertz CT molecular complexity index is 1310. The summed E-state index contributed by atoms with van der Waals surface area (Å²) in [5.74, 6) is -0.577. The predicted molar refractivity (Wildman–Crippen MR) is 121 cm³/mol. The van der Waals surface area contributed by atoms with E-state index in [-0.39, 0.29) is 23.0 Å². The van der Waals surface area contributed by atoms with Gasteiger partial charge in [0.15, 0.2) is 5.78 Å². The van der Waals surface area contributed by atoms with Crippen molar-refractivity contribution in [1.82, 2.24) is 10.2 Å². The molecule has 4 aromatic rings. The molecule has 31 heavy (non-hydrogen) atoms. The van der Waals surface area contributed by atoms with Crippen molar-refractivity contribution in [2.24, 2.45) is 0 Å². The quantitative estimate of drug-likeness (QED) is 0.467. The van der Waals surface area contributed by atoms with Crippen molar-refractivity contribution in [3.05, 3.63) is 88.6 Å². The average molecular weight is 413 g/mol. The second-order valence-electron chi connectivity index (χ2n) is 7.72. The number of phenolic OH excluding ortho intramolecular Hbond substituents is 1. The first-order chi connectivity index (χ1) is 14.8. The normalized spacial score (nSPS) is 10.9. The van der Waals surface area contributed by atoms with Gasteiger partial charge >= 0.3 is 0 Å². The van der Waals surface area contributed by atoms with Crippen molar-refractivity contribution < 1.29 is 14.7 Å². The zero-order chi connectivity index (χ0) is 22.1. The van der Waals surface area contributed by atoms with Gasteiger partial charge in [-0.15, -0.1) is 0 Å². The number of phenols is 1. The monoisotopic (exact) mass is 413 g/mol. The number of hydrogen-bond donors (Lipinski definition) is 2. The number of amides is 1. The summed E-state index contributed by atoms with van der Waals surface area (Å²) in [5, 5.41) is 18.6. The number of nitrogens with zero attached hydrogens (tertiary/aromatic N) is 2. The third kappa shape index (κ3) is 4.05. The summed E-state index contributed by atoms with van der Waals surface area (Å²) in [7, 11) is 1.62. The van der Waals surface area contributed by atoms with E-state index in [9.17, 15) is 14.7 Å². The molecule has 0 unspecified atom stereocenters. The number of ketones is 1. The molecule has 0 aliphatic rings. The van der Waals surface area contributed by atoms with Crippen LogP contribution < -0.4 is 4.90 Å². The summed E-state index contributed by atoms with van der Waals surface area (Å²) in [4.78, 5) is 26.3. The van der Waals surface area contributed by atoms with Crippen molar-refractivity contribution in [3.8, 4) is 5.75 Å². The van der Waals surface area contributed by atoms with Crippen molar-refractivity contribution in [3.63, 3.8) is 0 Å².